The third kappa shape index (κ3) is 4.09. The van der Waals surface area contributed by atoms with Gasteiger partial charge in [0, 0.05) is 0 Å². The minimum atomic E-state index is 0.179. The first kappa shape index (κ1) is 16.8. The molecule has 4 nitrogen and oxygen atoms in total. The second-order valence-corrected chi connectivity index (χ2v) is 9.33. The quantitative estimate of drug-likeness (QED) is 0.524. The van der Waals surface area contributed by atoms with Crippen LogP contribution in [0.3, 0.4) is 0 Å². The van der Waals surface area contributed by atoms with Gasteiger partial charge in [-0.05, 0) is 0 Å². The molecule has 2 aliphatic rings. The molecule has 1 aromatic rings. The van der Waals surface area contributed by atoms with Crippen molar-refractivity contribution < 1.29 is 25.9 Å². The summed E-state index contributed by atoms with van der Waals surface area (Å²) in [5, 5.41) is 1.24. The number of hydrogen-bond donors (Lipinski definition) is 1. The minimum absolute atomic E-state index is 0.179. The molecule has 0 saturated heterocycles. The van der Waals surface area contributed by atoms with Crippen LogP contribution in [0.5, 0.6) is 5.75 Å². The molecule has 0 spiro atoms. The number of allylic oxidation sites excluding steroid dienone is 3. The third-order valence-electron chi connectivity index (χ3n) is 3.98. The first-order chi connectivity index (χ1) is 11.2. The Balaban J connectivity index is 1.74. The summed E-state index contributed by atoms with van der Waals surface area (Å²) in [6, 6.07) is 1.91. The third-order valence-corrected chi connectivity index (χ3v) is 8.44. The number of rotatable bonds is 3. The number of ether oxygens (including phenoxy) is 1. The van der Waals surface area contributed by atoms with Crippen molar-refractivity contribution in [2.45, 2.75) is 19.1 Å². The average molecular weight is 442 g/mol. The molecular formula is C17H21IN3OS-. The van der Waals surface area contributed by atoms with Crippen molar-refractivity contribution in [3.63, 3.8) is 0 Å². The van der Waals surface area contributed by atoms with Crippen LogP contribution in [0.2, 0.25) is 0 Å². The Labute approximate surface area is 151 Å². The van der Waals surface area contributed by atoms with Crippen LogP contribution in [0.25, 0.3) is 0 Å². The molecule has 1 unspecified atom stereocenters. The van der Waals surface area contributed by atoms with E-state index in [2.05, 4.69) is 24.1 Å². The molecule has 23 heavy (non-hydrogen) atoms. The van der Waals surface area contributed by atoms with E-state index in [9.17, 15) is 0 Å². The second kappa shape index (κ2) is 7.70. The number of aromatic nitrogens is 1. The number of aliphatic imine (C=N–C) groups is 1. The van der Waals surface area contributed by atoms with E-state index in [0.29, 0.717) is 5.92 Å². The van der Waals surface area contributed by atoms with Crippen molar-refractivity contribution in [2.24, 2.45) is 16.6 Å². The van der Waals surface area contributed by atoms with Gasteiger partial charge in [-0.15, -0.1) is 0 Å². The van der Waals surface area contributed by atoms with Crippen LogP contribution in [0.4, 0.5) is 0 Å². The molecule has 0 saturated carbocycles. The van der Waals surface area contributed by atoms with Crippen LogP contribution in [0.1, 0.15) is 17.7 Å². The maximum atomic E-state index is 5.95. The number of nitrogens with zero attached hydrogens (tertiary/aromatic N) is 2. The van der Waals surface area contributed by atoms with Gasteiger partial charge in [0.15, 0.2) is 0 Å². The van der Waals surface area contributed by atoms with Crippen LogP contribution in [0.15, 0.2) is 40.8 Å². The molecule has 0 amide bonds. The summed E-state index contributed by atoms with van der Waals surface area (Å²) in [4.78, 5) is 9.42. The molecule has 1 atom stereocenters. The van der Waals surface area contributed by atoms with Crippen molar-refractivity contribution in [1.82, 2.24) is 4.98 Å². The SMILES string of the molecule is COc1ccnc(CSC2=NC3=CC(N)=CCC3C[I-]C2)c1C. The molecule has 124 valence electrons. The van der Waals surface area contributed by atoms with Gasteiger partial charge in [-0.25, -0.2) is 0 Å². The number of alkyl halides is 2. The van der Waals surface area contributed by atoms with E-state index in [1.54, 1.807) is 7.11 Å². The molecule has 3 rings (SSSR count). The fraction of sp³-hybridized carbons (Fsp3) is 0.412. The predicted molar refractivity (Wildman–Crippen MR) is 92.5 cm³/mol. The number of fused-ring (bicyclic) bond motifs is 1. The van der Waals surface area contributed by atoms with Crippen LogP contribution in [-0.4, -0.2) is 26.0 Å². The summed E-state index contributed by atoms with van der Waals surface area (Å²) in [7, 11) is 1.70. The molecule has 0 aromatic carbocycles. The van der Waals surface area contributed by atoms with Gasteiger partial charge in [0.1, 0.15) is 0 Å². The van der Waals surface area contributed by atoms with E-state index in [4.69, 9.17) is 15.5 Å². The Morgan fingerprint density at radius 1 is 1.48 bits per heavy atom. The molecule has 0 fully saturated rings. The van der Waals surface area contributed by atoms with Crippen molar-refractivity contribution in [3.05, 3.63) is 47.1 Å². The summed E-state index contributed by atoms with van der Waals surface area (Å²) in [5.41, 5.74) is 10.2. The maximum absolute atomic E-state index is 5.95. The number of methoxy groups -OCH3 is 1. The topological polar surface area (TPSA) is 60.5 Å². The van der Waals surface area contributed by atoms with Crippen LogP contribution in [-0.2, 0) is 5.75 Å². The number of nitrogens with two attached hydrogens (primary N) is 1. The van der Waals surface area contributed by atoms with E-state index < -0.39 is 0 Å². The zero-order valence-electron chi connectivity index (χ0n) is 13.4. The van der Waals surface area contributed by atoms with Gasteiger partial charge in [-0.1, -0.05) is 0 Å². The van der Waals surface area contributed by atoms with Gasteiger partial charge in [-0.2, -0.15) is 0 Å². The summed E-state index contributed by atoms with van der Waals surface area (Å²) < 4.78 is 7.83. The Hall–Kier alpha value is -1.02. The van der Waals surface area contributed by atoms with Crippen molar-refractivity contribution in [2.75, 3.05) is 16.0 Å². The normalized spacial score (nSPS) is 21.1. The summed E-state index contributed by atoms with van der Waals surface area (Å²) in [6.45, 7) is 2.06. The van der Waals surface area contributed by atoms with Crippen molar-refractivity contribution >= 4 is 16.8 Å². The zero-order valence-corrected chi connectivity index (χ0v) is 16.4. The number of hydrogen-bond acceptors (Lipinski definition) is 5. The van der Waals surface area contributed by atoms with Crippen molar-refractivity contribution in [1.29, 1.82) is 0 Å². The fourth-order valence-corrected chi connectivity index (χ4v) is 7.13. The first-order valence-electron chi connectivity index (χ1n) is 7.57. The van der Waals surface area contributed by atoms with E-state index in [-0.39, 0.29) is 21.2 Å². The van der Waals surface area contributed by atoms with Gasteiger partial charge in [0.05, 0.1) is 0 Å². The monoisotopic (exact) mass is 442 g/mol. The molecular weight excluding hydrogens is 421 g/mol. The van der Waals surface area contributed by atoms with E-state index in [1.807, 2.05) is 24.0 Å². The number of thioether (sulfide) groups is 1. The van der Waals surface area contributed by atoms with Crippen LogP contribution in [0, 0.1) is 12.8 Å². The molecule has 1 aliphatic carbocycles. The van der Waals surface area contributed by atoms with Gasteiger partial charge >= 0.3 is 152 Å². The summed E-state index contributed by atoms with van der Waals surface area (Å²) in [6.07, 6.45) is 7.05. The van der Waals surface area contributed by atoms with E-state index in [0.717, 1.165) is 39.3 Å². The Morgan fingerprint density at radius 3 is 3.17 bits per heavy atom. The Kier molecular flexibility index (Phi) is 5.63. The summed E-state index contributed by atoms with van der Waals surface area (Å²) >= 11 is 1.99. The number of pyridine rings is 1. The van der Waals surface area contributed by atoms with E-state index >= 15 is 0 Å². The summed E-state index contributed by atoms with van der Waals surface area (Å²) in [5.74, 6) is 2.33. The van der Waals surface area contributed by atoms with Gasteiger partial charge in [0.2, 0.25) is 0 Å². The van der Waals surface area contributed by atoms with Gasteiger partial charge in [0.25, 0.3) is 0 Å². The fourth-order valence-electron chi connectivity index (χ4n) is 2.60. The second-order valence-electron chi connectivity index (χ2n) is 5.56. The molecule has 0 radical (unpaired) electrons. The zero-order chi connectivity index (χ0) is 16.2. The first-order valence-corrected chi connectivity index (χ1v) is 11.6. The standard InChI is InChI=1S/C17H21IN3OS/c1-11-15(20-6-5-16(11)22-2)10-23-17-9-18-8-12-3-4-13(19)7-14(12)21-17/h4-7,12H,3,8-10,19H2,1-2H3/q-1. The molecule has 1 aliphatic heterocycles. The Morgan fingerprint density at radius 2 is 2.35 bits per heavy atom. The van der Waals surface area contributed by atoms with Crippen molar-refractivity contribution in [3.8, 4) is 5.75 Å². The number of halogens is 1. The molecule has 0 bridgehead atoms. The Bertz CT molecular complexity index is 684. The van der Waals surface area contributed by atoms with Crippen LogP contribution < -0.4 is 31.7 Å². The molecule has 2 N–H and O–H groups in total. The van der Waals surface area contributed by atoms with E-state index in [1.165, 1.54) is 15.2 Å². The van der Waals surface area contributed by atoms with Gasteiger partial charge < -0.3 is 0 Å². The van der Waals surface area contributed by atoms with Crippen LogP contribution >= 0.6 is 11.8 Å². The molecule has 2 heterocycles. The molecule has 1 aromatic heterocycles. The van der Waals surface area contributed by atoms with Gasteiger partial charge in [-0.3, -0.25) is 0 Å². The molecule has 6 heteroatoms. The predicted octanol–water partition coefficient (Wildman–Crippen LogP) is -0.121. The average Bonchev–Trinajstić information content (AvgIpc) is 2.75.